The molecule has 2 rings (SSSR count). The highest BCUT2D eigenvalue weighted by atomic mass is 16.6. The zero-order valence-electron chi connectivity index (χ0n) is 11.5. The first-order valence-corrected chi connectivity index (χ1v) is 6.79. The Balaban J connectivity index is 1.78. The number of carbonyl (C=O) groups excluding carboxylic acids is 1. The zero-order chi connectivity index (χ0) is 14.5. The Morgan fingerprint density at radius 3 is 2.65 bits per heavy atom. The van der Waals surface area contributed by atoms with Gasteiger partial charge in [0, 0.05) is 25.2 Å². The van der Waals surface area contributed by atoms with E-state index in [4.69, 9.17) is 0 Å². The summed E-state index contributed by atoms with van der Waals surface area (Å²) in [5.74, 6) is 0.505. The number of carbonyl (C=O) groups is 1. The molecular formula is C14H19N3O3. The summed E-state index contributed by atoms with van der Waals surface area (Å²) in [7, 11) is 0. The molecule has 20 heavy (non-hydrogen) atoms. The topological polar surface area (TPSA) is 84.3 Å². The van der Waals surface area contributed by atoms with Crippen molar-refractivity contribution < 1.29 is 9.72 Å². The van der Waals surface area contributed by atoms with Crippen LogP contribution in [0.4, 0.5) is 5.69 Å². The summed E-state index contributed by atoms with van der Waals surface area (Å²) in [4.78, 5) is 22.1. The molecule has 1 aliphatic heterocycles. The highest BCUT2D eigenvalue weighted by Crippen LogP contribution is 2.16. The molecule has 1 aromatic rings. The second-order valence-corrected chi connectivity index (χ2v) is 5.21. The summed E-state index contributed by atoms with van der Waals surface area (Å²) in [5.41, 5.74) is 1.07. The van der Waals surface area contributed by atoms with Gasteiger partial charge in [-0.2, -0.15) is 0 Å². The van der Waals surface area contributed by atoms with Gasteiger partial charge in [0.25, 0.3) is 5.69 Å². The third-order valence-corrected chi connectivity index (χ3v) is 3.71. The molecule has 108 valence electrons. The molecule has 2 N–H and O–H groups in total. The average molecular weight is 277 g/mol. The predicted molar refractivity (Wildman–Crippen MR) is 75.3 cm³/mol. The molecule has 1 fully saturated rings. The van der Waals surface area contributed by atoms with Gasteiger partial charge >= 0.3 is 0 Å². The minimum Gasteiger partial charge on any atom is -0.355 e. The van der Waals surface area contributed by atoms with Crippen molar-refractivity contribution in [1.82, 2.24) is 10.6 Å². The monoisotopic (exact) mass is 277 g/mol. The van der Waals surface area contributed by atoms with Crippen LogP contribution in [-0.2, 0) is 11.2 Å². The SMILES string of the molecule is CC1CNCC1C(=O)NCCc1ccc([N+](=O)[O-])cc1. The number of nitro groups is 1. The van der Waals surface area contributed by atoms with Crippen molar-refractivity contribution in [3.8, 4) is 0 Å². The first-order valence-electron chi connectivity index (χ1n) is 6.79. The third kappa shape index (κ3) is 3.54. The molecule has 0 saturated carbocycles. The molecule has 2 atom stereocenters. The van der Waals surface area contributed by atoms with Gasteiger partial charge in [0.15, 0.2) is 0 Å². The molecule has 1 aromatic carbocycles. The summed E-state index contributed by atoms with van der Waals surface area (Å²) >= 11 is 0. The number of hydrogen-bond acceptors (Lipinski definition) is 4. The number of nitro benzene ring substituents is 1. The van der Waals surface area contributed by atoms with E-state index in [0.717, 1.165) is 18.7 Å². The van der Waals surface area contributed by atoms with Crippen LogP contribution in [0, 0.1) is 22.0 Å². The first-order chi connectivity index (χ1) is 9.58. The Bertz CT molecular complexity index is 487. The van der Waals surface area contributed by atoms with Crippen LogP contribution >= 0.6 is 0 Å². The largest absolute Gasteiger partial charge is 0.355 e. The Morgan fingerprint density at radius 1 is 1.40 bits per heavy atom. The minimum atomic E-state index is -0.417. The molecule has 0 aliphatic carbocycles. The van der Waals surface area contributed by atoms with Crippen molar-refractivity contribution in [2.45, 2.75) is 13.3 Å². The van der Waals surface area contributed by atoms with Gasteiger partial charge in [0.1, 0.15) is 0 Å². The van der Waals surface area contributed by atoms with Crippen LogP contribution in [-0.4, -0.2) is 30.5 Å². The van der Waals surface area contributed by atoms with Gasteiger partial charge in [-0.1, -0.05) is 19.1 Å². The summed E-state index contributed by atoms with van der Waals surface area (Å²) in [6.45, 7) is 4.26. The van der Waals surface area contributed by atoms with Crippen molar-refractivity contribution in [2.24, 2.45) is 11.8 Å². The van der Waals surface area contributed by atoms with Gasteiger partial charge in [-0.15, -0.1) is 0 Å². The molecule has 1 saturated heterocycles. The van der Waals surface area contributed by atoms with E-state index in [1.54, 1.807) is 12.1 Å². The zero-order valence-corrected chi connectivity index (χ0v) is 11.5. The first kappa shape index (κ1) is 14.5. The van der Waals surface area contributed by atoms with Crippen LogP contribution in [0.2, 0.25) is 0 Å². The fourth-order valence-electron chi connectivity index (χ4n) is 2.41. The van der Waals surface area contributed by atoms with E-state index in [0.29, 0.717) is 18.9 Å². The lowest BCUT2D eigenvalue weighted by Crippen LogP contribution is -2.35. The van der Waals surface area contributed by atoms with E-state index in [1.165, 1.54) is 12.1 Å². The molecule has 6 nitrogen and oxygen atoms in total. The minimum absolute atomic E-state index is 0.0480. The highest BCUT2D eigenvalue weighted by molar-refractivity contribution is 5.79. The summed E-state index contributed by atoms with van der Waals surface area (Å²) in [6, 6.07) is 6.42. The van der Waals surface area contributed by atoms with Gasteiger partial charge in [-0.05, 0) is 24.4 Å². The lowest BCUT2D eigenvalue weighted by atomic mass is 9.97. The van der Waals surface area contributed by atoms with Gasteiger partial charge in [0.2, 0.25) is 5.91 Å². The van der Waals surface area contributed by atoms with E-state index in [9.17, 15) is 14.9 Å². The molecule has 0 aromatic heterocycles. The standard InChI is InChI=1S/C14H19N3O3/c1-10-8-15-9-13(10)14(18)16-7-6-11-2-4-12(5-3-11)17(19)20/h2-5,10,13,15H,6-9H2,1H3,(H,16,18). The highest BCUT2D eigenvalue weighted by Gasteiger charge is 2.28. The lowest BCUT2D eigenvalue weighted by Gasteiger charge is -2.14. The fourth-order valence-corrected chi connectivity index (χ4v) is 2.41. The van der Waals surface area contributed by atoms with Crippen molar-refractivity contribution in [3.05, 3.63) is 39.9 Å². The van der Waals surface area contributed by atoms with Crippen LogP contribution in [0.3, 0.4) is 0 Å². The molecule has 1 aliphatic rings. The third-order valence-electron chi connectivity index (χ3n) is 3.71. The molecule has 2 unspecified atom stereocenters. The van der Waals surface area contributed by atoms with Gasteiger partial charge in [-0.25, -0.2) is 0 Å². The maximum atomic E-state index is 11.9. The van der Waals surface area contributed by atoms with E-state index < -0.39 is 4.92 Å². The van der Waals surface area contributed by atoms with E-state index in [-0.39, 0.29) is 17.5 Å². The van der Waals surface area contributed by atoms with Gasteiger partial charge < -0.3 is 10.6 Å². The van der Waals surface area contributed by atoms with Crippen LogP contribution in [0.5, 0.6) is 0 Å². The second kappa shape index (κ2) is 6.47. The molecule has 1 amide bonds. The Kier molecular flexibility index (Phi) is 4.68. The Morgan fingerprint density at radius 2 is 2.10 bits per heavy atom. The van der Waals surface area contributed by atoms with Crippen LogP contribution in [0.25, 0.3) is 0 Å². The number of nitrogens with one attached hydrogen (secondary N) is 2. The van der Waals surface area contributed by atoms with Crippen LogP contribution in [0.1, 0.15) is 12.5 Å². The quantitative estimate of drug-likeness (QED) is 0.623. The normalized spacial score (nSPS) is 21.6. The second-order valence-electron chi connectivity index (χ2n) is 5.21. The lowest BCUT2D eigenvalue weighted by molar-refractivity contribution is -0.384. The smallest absolute Gasteiger partial charge is 0.269 e. The maximum absolute atomic E-state index is 11.9. The molecule has 1 heterocycles. The van der Waals surface area contributed by atoms with E-state index >= 15 is 0 Å². The molecule has 0 radical (unpaired) electrons. The average Bonchev–Trinajstić information content (AvgIpc) is 2.85. The number of amides is 1. The van der Waals surface area contributed by atoms with Crippen molar-refractivity contribution in [1.29, 1.82) is 0 Å². The molecular weight excluding hydrogens is 258 g/mol. The predicted octanol–water partition coefficient (Wildman–Crippen LogP) is 1.11. The maximum Gasteiger partial charge on any atom is 0.269 e. The van der Waals surface area contributed by atoms with Crippen molar-refractivity contribution in [3.63, 3.8) is 0 Å². The number of nitrogens with zero attached hydrogens (tertiary/aromatic N) is 1. The van der Waals surface area contributed by atoms with Crippen LogP contribution < -0.4 is 10.6 Å². The fraction of sp³-hybridized carbons (Fsp3) is 0.500. The van der Waals surface area contributed by atoms with Crippen molar-refractivity contribution in [2.75, 3.05) is 19.6 Å². The Hall–Kier alpha value is -1.95. The number of benzene rings is 1. The summed E-state index contributed by atoms with van der Waals surface area (Å²) < 4.78 is 0. The van der Waals surface area contributed by atoms with Gasteiger partial charge in [-0.3, -0.25) is 14.9 Å². The summed E-state index contributed by atoms with van der Waals surface area (Å²) in [6.07, 6.45) is 0.679. The molecule has 0 bridgehead atoms. The Labute approximate surface area is 117 Å². The van der Waals surface area contributed by atoms with Gasteiger partial charge in [0.05, 0.1) is 10.8 Å². The number of non-ortho nitro benzene ring substituents is 1. The van der Waals surface area contributed by atoms with E-state index in [2.05, 4.69) is 17.6 Å². The van der Waals surface area contributed by atoms with Crippen LogP contribution in [0.15, 0.2) is 24.3 Å². The number of rotatable bonds is 5. The number of hydrogen-bond donors (Lipinski definition) is 2. The molecule has 0 spiro atoms. The molecule has 6 heteroatoms. The van der Waals surface area contributed by atoms with Crippen molar-refractivity contribution >= 4 is 11.6 Å². The summed E-state index contributed by atoms with van der Waals surface area (Å²) in [5, 5.41) is 16.7. The van der Waals surface area contributed by atoms with E-state index in [1.807, 2.05) is 0 Å².